The molecule has 0 radical (unpaired) electrons. The summed E-state index contributed by atoms with van der Waals surface area (Å²) < 4.78 is 13.7. The molecule has 2 rings (SSSR count). The summed E-state index contributed by atoms with van der Waals surface area (Å²) in [6, 6.07) is 7.29. The van der Waals surface area contributed by atoms with Gasteiger partial charge in [0.2, 0.25) is 0 Å². The Hall–Kier alpha value is -1.79. The van der Waals surface area contributed by atoms with Crippen LogP contribution < -0.4 is 16.4 Å². The van der Waals surface area contributed by atoms with Crippen LogP contribution in [-0.2, 0) is 0 Å². The number of hydrogen-bond donors (Lipinski definition) is 3. The van der Waals surface area contributed by atoms with E-state index in [0.29, 0.717) is 27.1 Å². The zero-order valence-corrected chi connectivity index (χ0v) is 13.3. The van der Waals surface area contributed by atoms with Gasteiger partial charge in [0, 0.05) is 17.2 Å². The molecule has 0 aliphatic rings. The summed E-state index contributed by atoms with van der Waals surface area (Å²) in [5, 5.41) is 5.73. The second-order valence-electron chi connectivity index (χ2n) is 4.25. The third-order valence-electron chi connectivity index (χ3n) is 2.78. The van der Waals surface area contributed by atoms with E-state index in [-0.39, 0.29) is 10.9 Å². The van der Waals surface area contributed by atoms with Crippen LogP contribution in [0, 0.1) is 5.82 Å². The smallest absolute Gasteiger partial charge is 0.253 e. The Labute approximate surface area is 134 Å². The first-order chi connectivity index (χ1) is 9.92. The summed E-state index contributed by atoms with van der Waals surface area (Å²) in [5.74, 6) is -0.733. The third-order valence-corrected chi connectivity index (χ3v) is 3.71. The number of anilines is 3. The average Bonchev–Trinajstić information content (AvgIpc) is 2.42. The van der Waals surface area contributed by atoms with E-state index in [1.165, 1.54) is 19.2 Å². The maximum Gasteiger partial charge on any atom is 0.253 e. The van der Waals surface area contributed by atoms with Crippen LogP contribution in [-0.4, -0.2) is 13.0 Å². The van der Waals surface area contributed by atoms with Crippen molar-refractivity contribution in [2.45, 2.75) is 0 Å². The Morgan fingerprint density at radius 2 is 2.05 bits per heavy atom. The molecule has 0 spiro atoms. The van der Waals surface area contributed by atoms with Crippen molar-refractivity contribution in [1.29, 1.82) is 0 Å². The van der Waals surface area contributed by atoms with Gasteiger partial charge in [-0.25, -0.2) is 4.39 Å². The summed E-state index contributed by atoms with van der Waals surface area (Å²) >= 11 is 9.26. The zero-order chi connectivity index (χ0) is 15.6. The van der Waals surface area contributed by atoms with E-state index in [9.17, 15) is 9.18 Å². The second kappa shape index (κ2) is 6.32. The number of nitrogens with one attached hydrogen (secondary N) is 2. The van der Waals surface area contributed by atoms with Crippen LogP contribution in [0.3, 0.4) is 0 Å². The monoisotopic (exact) mass is 371 g/mol. The predicted molar refractivity (Wildman–Crippen MR) is 86.6 cm³/mol. The molecule has 21 heavy (non-hydrogen) atoms. The molecule has 4 nitrogen and oxygen atoms in total. The molecule has 0 saturated heterocycles. The molecule has 7 heteroatoms. The first-order valence-corrected chi connectivity index (χ1v) is 7.12. The number of nitrogen functional groups attached to an aromatic ring is 1. The molecule has 0 atom stereocenters. The van der Waals surface area contributed by atoms with Crippen molar-refractivity contribution >= 4 is 50.5 Å². The second-order valence-corrected chi connectivity index (χ2v) is 5.52. The minimum Gasteiger partial charge on any atom is -0.399 e. The SMILES string of the molecule is CNC(=O)c1ccc(N)cc1Nc1c(Cl)cc(F)cc1Br. The van der Waals surface area contributed by atoms with E-state index in [1.807, 2.05) is 0 Å². The van der Waals surface area contributed by atoms with Gasteiger partial charge in [0.1, 0.15) is 5.82 Å². The largest absolute Gasteiger partial charge is 0.399 e. The highest BCUT2D eigenvalue weighted by Crippen LogP contribution is 2.35. The van der Waals surface area contributed by atoms with Crippen molar-refractivity contribution < 1.29 is 9.18 Å². The topological polar surface area (TPSA) is 67.2 Å². The standard InChI is InChI=1S/C14H12BrClFN3O/c1-19-14(21)9-3-2-8(18)6-12(9)20-13-10(15)4-7(17)5-11(13)16/h2-6,20H,18H2,1H3,(H,19,21). The van der Waals surface area contributed by atoms with Gasteiger partial charge < -0.3 is 16.4 Å². The molecule has 0 fully saturated rings. The summed E-state index contributed by atoms with van der Waals surface area (Å²) in [6.45, 7) is 0. The highest BCUT2D eigenvalue weighted by Gasteiger charge is 2.14. The Bertz CT molecular complexity index is 686. The van der Waals surface area contributed by atoms with E-state index in [4.69, 9.17) is 17.3 Å². The molecule has 2 aromatic rings. The highest BCUT2D eigenvalue weighted by molar-refractivity contribution is 9.10. The summed E-state index contributed by atoms with van der Waals surface area (Å²) in [4.78, 5) is 11.9. The Morgan fingerprint density at radius 1 is 1.33 bits per heavy atom. The molecule has 110 valence electrons. The lowest BCUT2D eigenvalue weighted by molar-refractivity contribution is 0.0964. The minimum absolute atomic E-state index is 0.187. The van der Waals surface area contributed by atoms with Gasteiger partial charge >= 0.3 is 0 Å². The lowest BCUT2D eigenvalue weighted by Crippen LogP contribution is -2.19. The van der Waals surface area contributed by atoms with Crippen molar-refractivity contribution in [2.24, 2.45) is 0 Å². The molecular formula is C14H12BrClFN3O. The molecule has 0 saturated carbocycles. The lowest BCUT2D eigenvalue weighted by atomic mass is 10.1. The summed E-state index contributed by atoms with van der Waals surface area (Å²) in [5.41, 5.74) is 7.56. The Morgan fingerprint density at radius 3 is 2.67 bits per heavy atom. The molecule has 0 aliphatic heterocycles. The maximum atomic E-state index is 13.2. The maximum absolute atomic E-state index is 13.2. The quantitative estimate of drug-likeness (QED) is 0.715. The van der Waals surface area contributed by atoms with Crippen LogP contribution in [0.1, 0.15) is 10.4 Å². The number of rotatable bonds is 3. The van der Waals surface area contributed by atoms with E-state index in [1.54, 1.807) is 18.2 Å². The zero-order valence-electron chi connectivity index (χ0n) is 11.0. The average molecular weight is 373 g/mol. The number of carbonyl (C=O) groups is 1. The fraction of sp³-hybridized carbons (Fsp3) is 0.0714. The summed E-state index contributed by atoms with van der Waals surface area (Å²) in [6.07, 6.45) is 0. The first kappa shape index (κ1) is 15.6. The molecule has 0 heterocycles. The van der Waals surface area contributed by atoms with E-state index in [0.717, 1.165) is 0 Å². The van der Waals surface area contributed by atoms with Crippen molar-refractivity contribution in [2.75, 3.05) is 18.1 Å². The molecule has 0 bridgehead atoms. The molecule has 1 amide bonds. The van der Waals surface area contributed by atoms with Crippen LogP contribution in [0.4, 0.5) is 21.5 Å². The molecule has 0 aromatic heterocycles. The van der Waals surface area contributed by atoms with Crippen molar-refractivity contribution in [1.82, 2.24) is 5.32 Å². The first-order valence-electron chi connectivity index (χ1n) is 5.95. The van der Waals surface area contributed by atoms with Gasteiger partial charge in [0.25, 0.3) is 5.91 Å². The van der Waals surface area contributed by atoms with E-state index < -0.39 is 5.82 Å². The van der Waals surface area contributed by atoms with Crippen LogP contribution in [0.5, 0.6) is 0 Å². The molecule has 0 aliphatic carbocycles. The van der Waals surface area contributed by atoms with Crippen LogP contribution in [0.15, 0.2) is 34.8 Å². The van der Waals surface area contributed by atoms with Crippen LogP contribution >= 0.6 is 27.5 Å². The van der Waals surface area contributed by atoms with Gasteiger partial charge in [0.05, 0.1) is 22.0 Å². The number of halogens is 3. The highest BCUT2D eigenvalue weighted by atomic mass is 79.9. The van der Waals surface area contributed by atoms with Crippen molar-refractivity contribution in [3.8, 4) is 0 Å². The third kappa shape index (κ3) is 3.46. The number of carbonyl (C=O) groups excluding carboxylic acids is 1. The van der Waals surface area contributed by atoms with Crippen molar-refractivity contribution in [3.63, 3.8) is 0 Å². The van der Waals surface area contributed by atoms with Crippen molar-refractivity contribution in [3.05, 3.63) is 51.2 Å². The van der Waals surface area contributed by atoms with Gasteiger partial charge in [0.15, 0.2) is 0 Å². The number of amides is 1. The summed E-state index contributed by atoms with van der Waals surface area (Å²) in [7, 11) is 1.53. The number of benzene rings is 2. The predicted octanol–water partition coefficient (Wildman–Crippen LogP) is 3.93. The van der Waals surface area contributed by atoms with Crippen LogP contribution in [0.2, 0.25) is 5.02 Å². The fourth-order valence-corrected chi connectivity index (χ4v) is 2.69. The molecule has 2 aromatic carbocycles. The number of nitrogens with two attached hydrogens (primary N) is 1. The van der Waals surface area contributed by atoms with Gasteiger partial charge in [-0.1, -0.05) is 11.6 Å². The van der Waals surface area contributed by atoms with E-state index >= 15 is 0 Å². The van der Waals surface area contributed by atoms with E-state index in [2.05, 4.69) is 26.6 Å². The van der Waals surface area contributed by atoms with Gasteiger partial charge in [-0.05, 0) is 46.3 Å². The lowest BCUT2D eigenvalue weighted by Gasteiger charge is -2.14. The minimum atomic E-state index is -0.462. The Balaban J connectivity index is 2.49. The number of hydrogen-bond acceptors (Lipinski definition) is 3. The molecule has 0 unspecified atom stereocenters. The van der Waals surface area contributed by atoms with Gasteiger partial charge in [-0.3, -0.25) is 4.79 Å². The van der Waals surface area contributed by atoms with Gasteiger partial charge in [-0.2, -0.15) is 0 Å². The normalized spacial score (nSPS) is 10.3. The van der Waals surface area contributed by atoms with Gasteiger partial charge in [-0.15, -0.1) is 0 Å². The Kier molecular flexibility index (Phi) is 4.69. The fourth-order valence-electron chi connectivity index (χ4n) is 1.79. The molecule has 4 N–H and O–H groups in total. The van der Waals surface area contributed by atoms with Crippen LogP contribution in [0.25, 0.3) is 0 Å². The molecular weight excluding hydrogens is 361 g/mol.